The lowest BCUT2D eigenvalue weighted by molar-refractivity contribution is 0.124. The number of fused-ring (bicyclic) bond motifs is 1. The van der Waals surface area contributed by atoms with Gasteiger partial charge in [-0.3, -0.25) is 9.88 Å². The van der Waals surface area contributed by atoms with Crippen molar-refractivity contribution in [2.45, 2.75) is 38.3 Å². The van der Waals surface area contributed by atoms with Crippen molar-refractivity contribution in [2.75, 3.05) is 13.1 Å². The van der Waals surface area contributed by atoms with E-state index in [1.54, 1.807) is 0 Å². The Bertz CT molecular complexity index is 600. The van der Waals surface area contributed by atoms with E-state index >= 15 is 0 Å². The summed E-state index contributed by atoms with van der Waals surface area (Å²) in [6.07, 6.45) is 4.41. The number of nitrogens with two attached hydrogens (primary N) is 1. The summed E-state index contributed by atoms with van der Waals surface area (Å²) >= 11 is 0. The van der Waals surface area contributed by atoms with Crippen LogP contribution in [0.4, 0.5) is 0 Å². The van der Waals surface area contributed by atoms with E-state index in [1.165, 1.54) is 18.4 Å². The zero-order valence-corrected chi connectivity index (χ0v) is 12.3. The molecule has 0 aliphatic carbocycles. The maximum Gasteiger partial charge on any atom is 0.0702 e. The first kappa shape index (κ1) is 13.5. The highest BCUT2D eigenvalue weighted by molar-refractivity contribution is 5.79. The molecule has 1 fully saturated rings. The highest BCUT2D eigenvalue weighted by Crippen LogP contribution is 2.32. The summed E-state index contributed by atoms with van der Waals surface area (Å²) in [4.78, 5) is 6.89. The molecule has 0 spiro atoms. The zero-order chi connectivity index (χ0) is 14.2. The second-order valence-electron chi connectivity index (χ2n) is 6.28. The van der Waals surface area contributed by atoms with Crippen LogP contribution in [-0.2, 0) is 0 Å². The van der Waals surface area contributed by atoms with E-state index in [2.05, 4.69) is 48.0 Å². The predicted octanol–water partition coefficient (Wildman–Crippen LogP) is 3.11. The monoisotopic (exact) mass is 269 g/mol. The van der Waals surface area contributed by atoms with E-state index in [0.717, 1.165) is 24.0 Å². The smallest absolute Gasteiger partial charge is 0.0702 e. The molecule has 1 aromatic heterocycles. The van der Waals surface area contributed by atoms with Crippen LogP contribution in [0, 0.1) is 0 Å². The molecule has 20 heavy (non-hydrogen) atoms. The molecule has 3 nitrogen and oxygen atoms in total. The van der Waals surface area contributed by atoms with E-state index in [4.69, 9.17) is 5.73 Å². The molecule has 2 N–H and O–H groups in total. The Labute approximate surface area is 120 Å². The molecule has 2 aromatic rings. The molecule has 1 atom stereocenters. The molecule has 2 heterocycles. The summed E-state index contributed by atoms with van der Waals surface area (Å²) in [5.74, 6) is 0. The Balaban J connectivity index is 1.92. The molecule has 3 rings (SSSR count). The van der Waals surface area contributed by atoms with E-state index in [9.17, 15) is 0 Å². The molecule has 3 heteroatoms. The third kappa shape index (κ3) is 2.32. The van der Waals surface area contributed by atoms with Crippen LogP contribution >= 0.6 is 0 Å². The van der Waals surface area contributed by atoms with Crippen molar-refractivity contribution in [1.82, 2.24) is 9.88 Å². The first-order valence-electron chi connectivity index (χ1n) is 7.44. The molecule has 0 radical (unpaired) electrons. The highest BCUT2D eigenvalue weighted by atomic mass is 15.2. The fourth-order valence-corrected chi connectivity index (χ4v) is 3.19. The van der Waals surface area contributed by atoms with Gasteiger partial charge in [0.15, 0.2) is 0 Å². The molecule has 0 bridgehead atoms. The van der Waals surface area contributed by atoms with Crippen molar-refractivity contribution in [3.63, 3.8) is 0 Å². The largest absolute Gasteiger partial charge is 0.322 e. The van der Waals surface area contributed by atoms with Crippen LogP contribution in [0.25, 0.3) is 10.9 Å². The van der Waals surface area contributed by atoms with Gasteiger partial charge in [0.1, 0.15) is 0 Å². The van der Waals surface area contributed by atoms with Gasteiger partial charge in [-0.1, -0.05) is 12.1 Å². The molecule has 1 unspecified atom stereocenters. The Hall–Kier alpha value is -1.45. The van der Waals surface area contributed by atoms with E-state index in [-0.39, 0.29) is 11.6 Å². The summed E-state index contributed by atoms with van der Waals surface area (Å²) in [7, 11) is 0. The number of benzene rings is 1. The van der Waals surface area contributed by atoms with Crippen LogP contribution in [-0.4, -0.2) is 28.5 Å². The van der Waals surface area contributed by atoms with Crippen LogP contribution in [0.1, 0.15) is 38.3 Å². The molecule has 1 saturated heterocycles. The van der Waals surface area contributed by atoms with Crippen molar-refractivity contribution < 1.29 is 0 Å². The van der Waals surface area contributed by atoms with Gasteiger partial charge in [0.05, 0.1) is 5.52 Å². The van der Waals surface area contributed by atoms with Gasteiger partial charge in [0.25, 0.3) is 0 Å². The quantitative estimate of drug-likeness (QED) is 0.931. The Morgan fingerprint density at radius 3 is 2.70 bits per heavy atom. The minimum Gasteiger partial charge on any atom is -0.322 e. The van der Waals surface area contributed by atoms with E-state index in [0.29, 0.717) is 0 Å². The second-order valence-corrected chi connectivity index (χ2v) is 6.28. The van der Waals surface area contributed by atoms with Crippen molar-refractivity contribution in [1.29, 1.82) is 0 Å². The van der Waals surface area contributed by atoms with Crippen LogP contribution in [0.3, 0.4) is 0 Å². The van der Waals surface area contributed by atoms with Gasteiger partial charge in [-0.15, -0.1) is 0 Å². The number of hydrogen-bond acceptors (Lipinski definition) is 3. The van der Waals surface area contributed by atoms with Gasteiger partial charge in [-0.25, -0.2) is 0 Å². The minimum atomic E-state index is -0.00755. The van der Waals surface area contributed by atoms with Crippen LogP contribution in [0.2, 0.25) is 0 Å². The maximum absolute atomic E-state index is 6.58. The number of aromatic nitrogens is 1. The molecule has 1 aromatic carbocycles. The van der Waals surface area contributed by atoms with Crippen molar-refractivity contribution in [3.05, 3.63) is 42.1 Å². The third-order valence-corrected chi connectivity index (χ3v) is 4.67. The van der Waals surface area contributed by atoms with Gasteiger partial charge < -0.3 is 5.73 Å². The average Bonchev–Trinajstić information content (AvgIpc) is 3.01. The van der Waals surface area contributed by atoms with E-state index in [1.807, 2.05) is 12.3 Å². The van der Waals surface area contributed by atoms with Gasteiger partial charge in [-0.05, 0) is 63.5 Å². The normalized spacial score (nSPS) is 18.6. The lowest BCUT2D eigenvalue weighted by Crippen LogP contribution is -2.49. The molecule has 106 valence electrons. The number of nitrogens with zero attached hydrogens (tertiary/aromatic N) is 2. The predicted molar refractivity (Wildman–Crippen MR) is 83.6 cm³/mol. The standard InChI is InChI=1S/C17H23N3/c1-17(2,20-10-3-4-11-20)16(18)14-7-8-15-13(12-14)6-5-9-19-15/h5-9,12,16H,3-4,10-11,18H2,1-2H3. The summed E-state index contributed by atoms with van der Waals surface area (Å²) < 4.78 is 0. The number of likely N-dealkylation sites (tertiary alicyclic amines) is 1. The van der Waals surface area contributed by atoms with Gasteiger partial charge in [0, 0.05) is 23.2 Å². The Morgan fingerprint density at radius 2 is 1.95 bits per heavy atom. The van der Waals surface area contributed by atoms with E-state index < -0.39 is 0 Å². The lowest BCUT2D eigenvalue weighted by atomic mass is 9.87. The topological polar surface area (TPSA) is 42.1 Å². The second kappa shape index (κ2) is 5.15. The third-order valence-electron chi connectivity index (χ3n) is 4.67. The Morgan fingerprint density at radius 1 is 1.20 bits per heavy atom. The summed E-state index contributed by atoms with van der Waals surface area (Å²) in [6, 6.07) is 10.5. The van der Waals surface area contributed by atoms with Crippen LogP contribution in [0.15, 0.2) is 36.5 Å². The number of rotatable bonds is 3. The first-order valence-corrected chi connectivity index (χ1v) is 7.44. The molecule has 0 saturated carbocycles. The van der Waals surface area contributed by atoms with Crippen molar-refractivity contribution in [3.8, 4) is 0 Å². The zero-order valence-electron chi connectivity index (χ0n) is 12.3. The summed E-state index contributed by atoms with van der Waals surface area (Å²) in [5.41, 5.74) is 8.80. The molecule has 0 amide bonds. The average molecular weight is 269 g/mol. The highest BCUT2D eigenvalue weighted by Gasteiger charge is 2.35. The molecular weight excluding hydrogens is 246 g/mol. The summed E-state index contributed by atoms with van der Waals surface area (Å²) in [5, 5.41) is 1.16. The fourth-order valence-electron chi connectivity index (χ4n) is 3.19. The fraction of sp³-hybridized carbons (Fsp3) is 0.471. The van der Waals surface area contributed by atoms with Gasteiger partial charge in [0.2, 0.25) is 0 Å². The van der Waals surface area contributed by atoms with Crippen molar-refractivity contribution >= 4 is 10.9 Å². The van der Waals surface area contributed by atoms with Crippen molar-refractivity contribution in [2.24, 2.45) is 5.73 Å². The lowest BCUT2D eigenvalue weighted by Gasteiger charge is -2.40. The van der Waals surface area contributed by atoms with Gasteiger partial charge in [-0.2, -0.15) is 0 Å². The SMILES string of the molecule is CC(C)(C(N)c1ccc2ncccc2c1)N1CCCC1. The molecule has 1 aliphatic heterocycles. The van der Waals surface area contributed by atoms with Gasteiger partial charge >= 0.3 is 0 Å². The number of pyridine rings is 1. The maximum atomic E-state index is 6.58. The molecule has 1 aliphatic rings. The number of hydrogen-bond donors (Lipinski definition) is 1. The first-order chi connectivity index (χ1) is 9.59. The van der Waals surface area contributed by atoms with Crippen LogP contribution in [0.5, 0.6) is 0 Å². The minimum absolute atomic E-state index is 0.00755. The summed E-state index contributed by atoms with van der Waals surface area (Å²) in [6.45, 7) is 6.85. The van der Waals surface area contributed by atoms with Crippen LogP contribution < -0.4 is 5.73 Å². The molecular formula is C17H23N3. The Kier molecular flexibility index (Phi) is 3.48.